The number of rotatable bonds is 4. The molecule has 1 saturated carbocycles. The summed E-state index contributed by atoms with van der Waals surface area (Å²) in [5.41, 5.74) is 3.95. The molecule has 0 aromatic heterocycles. The Hall–Kier alpha value is -2.47. The van der Waals surface area contributed by atoms with Gasteiger partial charge in [0, 0.05) is 69.5 Å². The van der Waals surface area contributed by atoms with Gasteiger partial charge in [0.05, 0.1) is 30.3 Å². The number of benzene rings is 2. The number of likely N-dealkylation sites (N-methyl/N-ethyl adjacent to an activating group) is 1. The van der Waals surface area contributed by atoms with Gasteiger partial charge in [-0.25, -0.2) is 4.21 Å². The number of ether oxygens (including phenoxy) is 3. The maximum atomic E-state index is 13.3. The van der Waals surface area contributed by atoms with Crippen LogP contribution < -0.4 is 19.7 Å². The Morgan fingerprint density at radius 3 is 2.67 bits per heavy atom. The maximum absolute atomic E-state index is 13.3. The van der Waals surface area contributed by atoms with Crippen molar-refractivity contribution in [2.24, 2.45) is 17.8 Å². The topological polar surface area (TPSA) is 92.4 Å². The van der Waals surface area contributed by atoms with Crippen LogP contribution in [0.1, 0.15) is 80.3 Å². The van der Waals surface area contributed by atoms with Gasteiger partial charge in [-0.2, -0.15) is 0 Å². The molecular formula is C41H61ClN4O5S. The molecule has 4 aliphatic rings. The van der Waals surface area contributed by atoms with Crippen molar-refractivity contribution >= 4 is 34.2 Å². The molecule has 0 spiro atoms. The number of aryl methyl sites for hydroxylation is 1. The molecule has 11 heteroatoms. The van der Waals surface area contributed by atoms with Gasteiger partial charge in [0.1, 0.15) is 16.7 Å². The van der Waals surface area contributed by atoms with Gasteiger partial charge in [0.2, 0.25) is 0 Å². The second-order valence-corrected chi connectivity index (χ2v) is 17.0. The predicted octanol–water partition coefficient (Wildman–Crippen LogP) is 6.62. The number of halogens is 1. The normalized spacial score (nSPS) is 29.8. The number of carbonyl (C=O) groups is 1. The third-order valence-electron chi connectivity index (χ3n) is 11.2. The number of nitrogens with zero attached hydrogens (tertiary/aromatic N) is 2. The molecule has 7 atom stereocenters. The first kappa shape index (κ1) is 40.7. The number of anilines is 1. The van der Waals surface area contributed by atoms with Gasteiger partial charge in [-0.3, -0.25) is 9.52 Å². The molecule has 9 nitrogen and oxygen atoms in total. The van der Waals surface area contributed by atoms with Gasteiger partial charge < -0.3 is 29.3 Å². The molecule has 52 heavy (non-hydrogen) atoms. The maximum Gasteiger partial charge on any atom is 0.263 e. The Morgan fingerprint density at radius 2 is 1.90 bits per heavy atom. The number of fused-ring (bicyclic) bond motifs is 2. The van der Waals surface area contributed by atoms with Crippen LogP contribution in [0.2, 0.25) is 5.02 Å². The fourth-order valence-electron chi connectivity index (χ4n) is 7.65. The lowest BCUT2D eigenvalue weighted by Gasteiger charge is -2.43. The SMILES string of the molecule is CCCc1cc(Cl)ccc1C1COc2ccc3cc2N(C1)CC1CCC1C(OC)/C=C/CC(C)C(C)S(=O)NC3=O.CN1CCCOCCNCC1. The second kappa shape index (κ2) is 20.3. The van der Waals surface area contributed by atoms with Crippen LogP contribution in [0.5, 0.6) is 5.75 Å². The average Bonchev–Trinajstić information content (AvgIpc) is 3.31. The van der Waals surface area contributed by atoms with Crippen molar-refractivity contribution in [3.8, 4) is 5.75 Å². The first-order valence-electron chi connectivity index (χ1n) is 19.4. The van der Waals surface area contributed by atoms with Crippen molar-refractivity contribution < 1.29 is 23.2 Å². The van der Waals surface area contributed by atoms with Crippen LogP contribution in [0.4, 0.5) is 5.69 Å². The molecule has 1 aliphatic carbocycles. The Balaban J connectivity index is 0.000000407. The number of hydrogen-bond acceptors (Lipinski definition) is 8. The van der Waals surface area contributed by atoms with Gasteiger partial charge in [-0.1, -0.05) is 50.1 Å². The van der Waals surface area contributed by atoms with E-state index in [1.54, 1.807) is 13.2 Å². The second-order valence-electron chi connectivity index (χ2n) is 15.0. The summed E-state index contributed by atoms with van der Waals surface area (Å²) in [6.07, 6.45) is 10.6. The molecule has 0 radical (unpaired) electrons. The minimum Gasteiger partial charge on any atom is -0.491 e. The zero-order chi connectivity index (χ0) is 37.0. The standard InChI is InChI=1S/C33H43ClN2O4S.C8H18N2O/c1-5-7-23-16-27(34)12-14-28(23)26-19-36-18-25-10-13-29(25)31(39-4)9-6-8-21(2)22(3)41(38)35-33(37)24-11-15-32(40-20-26)30(36)17-24;1-10-5-2-7-11-8-4-9-3-6-10/h6,9,11-12,14-17,21-22,25-26,29,31H,5,7-8,10,13,18-20H2,1-4H3,(H,35,37);9H,2-8H2,1H3/b9-6+;. The highest BCUT2D eigenvalue weighted by Gasteiger charge is 2.39. The van der Waals surface area contributed by atoms with E-state index in [9.17, 15) is 9.00 Å². The molecular weight excluding hydrogens is 696 g/mol. The summed E-state index contributed by atoms with van der Waals surface area (Å²) < 4.78 is 33.7. The van der Waals surface area contributed by atoms with E-state index in [-0.39, 0.29) is 29.1 Å². The molecule has 2 aromatic rings. The summed E-state index contributed by atoms with van der Waals surface area (Å²) in [4.78, 5) is 18.0. The highest BCUT2D eigenvalue weighted by molar-refractivity contribution is 7.84. The molecule has 1 amide bonds. The zero-order valence-corrected chi connectivity index (χ0v) is 33.5. The number of allylic oxidation sites excluding steroid dienone is 1. The van der Waals surface area contributed by atoms with E-state index in [1.165, 1.54) is 11.1 Å². The highest BCUT2D eigenvalue weighted by atomic mass is 35.5. The van der Waals surface area contributed by atoms with Crippen molar-refractivity contribution in [2.45, 2.75) is 76.6 Å². The van der Waals surface area contributed by atoms with Gasteiger partial charge in [0.25, 0.3) is 5.91 Å². The number of carbonyl (C=O) groups excluding carboxylic acids is 1. The molecule has 2 fully saturated rings. The molecule has 2 aromatic carbocycles. The third kappa shape index (κ3) is 11.0. The summed E-state index contributed by atoms with van der Waals surface area (Å²) in [7, 11) is 2.45. The van der Waals surface area contributed by atoms with Crippen molar-refractivity contribution in [2.75, 3.05) is 78.1 Å². The van der Waals surface area contributed by atoms with Crippen LogP contribution in [-0.2, 0) is 26.9 Å². The Morgan fingerprint density at radius 1 is 1.06 bits per heavy atom. The number of nitrogens with one attached hydrogen (secondary N) is 2. The lowest BCUT2D eigenvalue weighted by atomic mass is 9.70. The van der Waals surface area contributed by atoms with Gasteiger partial charge in [-0.15, -0.1) is 0 Å². The summed E-state index contributed by atoms with van der Waals surface area (Å²) in [6.45, 7) is 14.5. The van der Waals surface area contributed by atoms with E-state index >= 15 is 0 Å². The van der Waals surface area contributed by atoms with Crippen LogP contribution in [0, 0.1) is 17.8 Å². The molecule has 3 heterocycles. The number of hydrogen-bond donors (Lipinski definition) is 2. The van der Waals surface area contributed by atoms with Gasteiger partial charge in [-0.05, 0) is 105 Å². The van der Waals surface area contributed by atoms with Crippen LogP contribution in [-0.4, -0.2) is 99.6 Å². The fraction of sp³-hybridized carbons (Fsp3) is 0.634. The molecule has 288 valence electrons. The Bertz CT molecular complexity index is 1500. The minimum atomic E-state index is -1.50. The van der Waals surface area contributed by atoms with Crippen LogP contribution in [0.15, 0.2) is 48.6 Å². The van der Waals surface area contributed by atoms with Crippen LogP contribution in [0.3, 0.4) is 0 Å². The molecule has 6 rings (SSSR count). The summed E-state index contributed by atoms with van der Waals surface area (Å²) in [5.74, 6) is 1.64. The van der Waals surface area contributed by atoms with E-state index in [0.29, 0.717) is 24.0 Å². The monoisotopic (exact) mass is 756 g/mol. The predicted molar refractivity (Wildman–Crippen MR) is 213 cm³/mol. The molecule has 2 bridgehead atoms. The van der Waals surface area contributed by atoms with E-state index in [0.717, 1.165) is 107 Å². The third-order valence-corrected chi connectivity index (χ3v) is 13.0. The van der Waals surface area contributed by atoms with Crippen molar-refractivity contribution in [1.29, 1.82) is 0 Å². The highest BCUT2D eigenvalue weighted by Crippen LogP contribution is 2.43. The minimum absolute atomic E-state index is 0.0478. The van der Waals surface area contributed by atoms with Crippen molar-refractivity contribution in [1.82, 2.24) is 14.9 Å². The largest absolute Gasteiger partial charge is 0.491 e. The molecule has 3 aliphatic heterocycles. The van der Waals surface area contributed by atoms with Crippen molar-refractivity contribution in [3.05, 3.63) is 70.3 Å². The zero-order valence-electron chi connectivity index (χ0n) is 31.9. The lowest BCUT2D eigenvalue weighted by molar-refractivity contribution is 0.0134. The first-order valence-corrected chi connectivity index (χ1v) is 21.0. The first-order chi connectivity index (χ1) is 25.2. The number of methoxy groups -OCH3 is 1. The summed E-state index contributed by atoms with van der Waals surface area (Å²) in [5, 5.41) is 3.89. The van der Waals surface area contributed by atoms with Crippen LogP contribution >= 0.6 is 11.6 Å². The molecule has 2 N–H and O–H groups in total. The molecule has 1 saturated heterocycles. The van der Waals surface area contributed by atoms with E-state index in [2.05, 4.69) is 65.0 Å². The lowest BCUT2D eigenvalue weighted by Crippen LogP contribution is -2.44. The van der Waals surface area contributed by atoms with Gasteiger partial charge in [0.15, 0.2) is 0 Å². The average molecular weight is 757 g/mol. The van der Waals surface area contributed by atoms with E-state index < -0.39 is 11.0 Å². The quantitative estimate of drug-likeness (QED) is 0.337. The summed E-state index contributed by atoms with van der Waals surface area (Å²) in [6, 6.07) is 11.8. The van der Waals surface area contributed by atoms with E-state index in [4.69, 9.17) is 25.8 Å². The van der Waals surface area contributed by atoms with Crippen LogP contribution in [0.25, 0.3) is 0 Å². The number of amides is 1. The van der Waals surface area contributed by atoms with Gasteiger partial charge >= 0.3 is 0 Å². The smallest absolute Gasteiger partial charge is 0.263 e. The fourth-order valence-corrected chi connectivity index (χ4v) is 8.86. The molecule has 7 unspecified atom stereocenters. The van der Waals surface area contributed by atoms with E-state index in [1.807, 2.05) is 25.1 Å². The Labute approximate surface area is 319 Å². The summed E-state index contributed by atoms with van der Waals surface area (Å²) >= 11 is 6.40. The van der Waals surface area contributed by atoms with Crippen molar-refractivity contribution in [3.63, 3.8) is 0 Å². The Kier molecular flexibility index (Phi) is 15.9.